The molecule has 3 aromatic heterocycles. The molecule has 0 fully saturated rings. The number of benzene rings is 4. The molecular formula is C32H20N2S. The van der Waals surface area contributed by atoms with E-state index in [1.807, 2.05) is 72.8 Å². The highest BCUT2D eigenvalue weighted by molar-refractivity contribution is 7.18. The van der Waals surface area contributed by atoms with E-state index in [1.54, 1.807) is 12.3 Å². The predicted molar refractivity (Wildman–Crippen MR) is 149 cm³/mol. The second kappa shape index (κ2) is 8.15. The molecule has 0 N–H and O–H groups in total. The number of hydrogen-bond acceptors (Lipinski definition) is 3. The van der Waals surface area contributed by atoms with Gasteiger partial charge in [-0.05, 0) is 46.2 Å². The first-order valence-electron chi connectivity index (χ1n) is 14.2. The van der Waals surface area contributed by atoms with Gasteiger partial charge in [0, 0.05) is 32.3 Å². The van der Waals surface area contributed by atoms with E-state index in [-0.39, 0.29) is 46.5 Å². The maximum atomic E-state index is 9.15. The highest BCUT2D eigenvalue weighted by Gasteiger charge is 2.13. The standard InChI is InChI=1S/C32H20N2S/c1-2-7-21(8-3-1)29-18-19-30(35-29)27-16-15-26(24-10-4-5-11-25(24)27)28-17-14-23-13-12-22-9-6-20-33-31(22)32(23)34-28/h1-20H/i4D,5D,10D,11D,15D,16D. The molecule has 0 bridgehead atoms. The highest BCUT2D eigenvalue weighted by atomic mass is 32.1. The zero-order valence-electron chi connectivity index (χ0n) is 24.4. The lowest BCUT2D eigenvalue weighted by Crippen LogP contribution is -1.90. The molecule has 0 aliphatic rings. The van der Waals surface area contributed by atoms with Crippen LogP contribution in [-0.2, 0) is 0 Å². The van der Waals surface area contributed by atoms with E-state index in [1.165, 1.54) is 11.3 Å². The Balaban J connectivity index is 1.57. The maximum Gasteiger partial charge on any atom is 0.0972 e. The third-order valence-corrected chi connectivity index (χ3v) is 7.25. The van der Waals surface area contributed by atoms with Crippen molar-refractivity contribution in [2.45, 2.75) is 0 Å². The van der Waals surface area contributed by atoms with Crippen molar-refractivity contribution in [2.24, 2.45) is 0 Å². The monoisotopic (exact) mass is 470 g/mol. The van der Waals surface area contributed by atoms with Crippen molar-refractivity contribution in [2.75, 3.05) is 0 Å². The van der Waals surface area contributed by atoms with E-state index >= 15 is 0 Å². The molecule has 0 spiro atoms. The molecule has 35 heavy (non-hydrogen) atoms. The Morgan fingerprint density at radius 3 is 2.17 bits per heavy atom. The van der Waals surface area contributed by atoms with Crippen molar-refractivity contribution >= 4 is 43.9 Å². The van der Waals surface area contributed by atoms with Gasteiger partial charge < -0.3 is 0 Å². The summed E-state index contributed by atoms with van der Waals surface area (Å²) in [6.07, 6.45) is 1.69. The van der Waals surface area contributed by atoms with Gasteiger partial charge in [-0.2, -0.15) is 0 Å². The smallest absolute Gasteiger partial charge is 0.0972 e. The molecule has 0 saturated carbocycles. The van der Waals surface area contributed by atoms with Crippen LogP contribution in [0.25, 0.3) is 64.7 Å². The average Bonchev–Trinajstić information content (AvgIpc) is 3.50. The van der Waals surface area contributed by atoms with E-state index in [0.29, 0.717) is 27.2 Å². The molecule has 3 heteroatoms. The largest absolute Gasteiger partial charge is 0.254 e. The number of rotatable bonds is 3. The molecule has 3 heterocycles. The van der Waals surface area contributed by atoms with Crippen LogP contribution in [0.15, 0.2) is 121 Å². The van der Waals surface area contributed by atoms with Gasteiger partial charge in [0.05, 0.1) is 25.0 Å². The summed E-state index contributed by atoms with van der Waals surface area (Å²) in [6, 6.07) is 23.4. The molecule has 0 radical (unpaired) electrons. The number of nitrogens with zero attached hydrogens (tertiary/aromatic N) is 2. The lowest BCUT2D eigenvalue weighted by Gasteiger charge is -2.11. The number of pyridine rings is 2. The molecule has 0 unspecified atom stereocenters. The van der Waals surface area contributed by atoms with Crippen molar-refractivity contribution in [3.05, 3.63) is 121 Å². The number of fused-ring (bicyclic) bond motifs is 4. The second-order valence-corrected chi connectivity index (χ2v) is 9.27. The van der Waals surface area contributed by atoms with Crippen LogP contribution >= 0.6 is 11.3 Å². The Hall–Kier alpha value is -4.34. The van der Waals surface area contributed by atoms with Crippen LogP contribution in [0.1, 0.15) is 8.22 Å². The molecule has 0 amide bonds. The van der Waals surface area contributed by atoms with Gasteiger partial charge in [-0.3, -0.25) is 4.98 Å². The average molecular weight is 471 g/mol. The van der Waals surface area contributed by atoms with E-state index < -0.39 is 6.04 Å². The summed E-state index contributed by atoms with van der Waals surface area (Å²) >= 11 is 1.43. The van der Waals surface area contributed by atoms with Gasteiger partial charge in [-0.1, -0.05) is 90.9 Å². The molecule has 7 rings (SSSR count). The van der Waals surface area contributed by atoms with Gasteiger partial charge in [0.1, 0.15) is 0 Å². The molecule has 7 aromatic rings. The van der Waals surface area contributed by atoms with Gasteiger partial charge in [0.25, 0.3) is 0 Å². The summed E-state index contributed by atoms with van der Waals surface area (Å²) in [5.74, 6) is 0. The zero-order valence-corrected chi connectivity index (χ0v) is 19.2. The van der Waals surface area contributed by atoms with Gasteiger partial charge in [-0.25, -0.2) is 4.98 Å². The van der Waals surface area contributed by atoms with Crippen LogP contribution in [0, 0.1) is 0 Å². The third kappa shape index (κ3) is 3.40. The first-order chi connectivity index (χ1) is 19.8. The molecule has 0 atom stereocenters. The summed E-state index contributed by atoms with van der Waals surface area (Å²) in [7, 11) is 0. The van der Waals surface area contributed by atoms with Crippen LogP contribution < -0.4 is 0 Å². The van der Waals surface area contributed by atoms with Gasteiger partial charge in [0.15, 0.2) is 0 Å². The Labute approximate surface area is 215 Å². The molecule has 4 aromatic carbocycles. The van der Waals surface area contributed by atoms with Crippen molar-refractivity contribution < 1.29 is 8.22 Å². The van der Waals surface area contributed by atoms with E-state index in [9.17, 15) is 0 Å². The second-order valence-electron chi connectivity index (χ2n) is 8.19. The maximum absolute atomic E-state index is 9.15. The predicted octanol–water partition coefficient (Wildman–Crippen LogP) is 9.00. The summed E-state index contributed by atoms with van der Waals surface area (Å²) in [5.41, 5.74) is 3.20. The molecule has 0 aliphatic carbocycles. The number of thiophene rings is 1. The van der Waals surface area contributed by atoms with Gasteiger partial charge in [0.2, 0.25) is 0 Å². The van der Waals surface area contributed by atoms with Crippen LogP contribution in [0.4, 0.5) is 0 Å². The summed E-state index contributed by atoms with van der Waals surface area (Å²) in [5, 5.41) is 2.16. The Bertz CT molecular complexity index is 2180. The van der Waals surface area contributed by atoms with E-state index in [0.717, 1.165) is 21.2 Å². The van der Waals surface area contributed by atoms with Crippen molar-refractivity contribution in [1.29, 1.82) is 0 Å². The number of hydrogen-bond donors (Lipinski definition) is 0. The summed E-state index contributed by atoms with van der Waals surface area (Å²) in [4.78, 5) is 11.0. The topological polar surface area (TPSA) is 25.8 Å². The van der Waals surface area contributed by atoms with Crippen molar-refractivity contribution in [3.63, 3.8) is 0 Å². The Kier molecular flexibility index (Phi) is 3.45. The normalized spacial score (nSPS) is 13.8. The minimum atomic E-state index is -0.393. The molecule has 0 aliphatic heterocycles. The van der Waals surface area contributed by atoms with Crippen molar-refractivity contribution in [3.8, 4) is 32.1 Å². The first kappa shape index (κ1) is 14.8. The fraction of sp³-hybridized carbons (Fsp3) is 0. The highest BCUT2D eigenvalue weighted by Crippen LogP contribution is 2.40. The third-order valence-electron chi connectivity index (χ3n) is 6.10. The minimum Gasteiger partial charge on any atom is -0.254 e. The zero-order chi connectivity index (χ0) is 28.4. The molecule has 0 saturated heterocycles. The number of aromatic nitrogens is 2. The first-order valence-corrected chi connectivity index (χ1v) is 12.0. The van der Waals surface area contributed by atoms with Gasteiger partial charge in [-0.15, -0.1) is 11.3 Å². The SMILES string of the molecule is [2H]c1c([2H])c([2H])c2c(-c3ccc(-c4ccccc4)s3)c([2H])c([2H])c(-c3ccc4ccc5cccnc5c4n3)c2c1[2H]. The Morgan fingerprint density at radius 2 is 1.31 bits per heavy atom. The molecule has 164 valence electrons. The van der Waals surface area contributed by atoms with Crippen LogP contribution in [0.3, 0.4) is 0 Å². The van der Waals surface area contributed by atoms with E-state index in [2.05, 4.69) is 4.98 Å². The van der Waals surface area contributed by atoms with Crippen LogP contribution in [0.2, 0.25) is 0 Å². The van der Waals surface area contributed by atoms with Crippen molar-refractivity contribution in [1.82, 2.24) is 9.97 Å². The lowest BCUT2D eigenvalue weighted by molar-refractivity contribution is 1.37. The quantitative estimate of drug-likeness (QED) is 0.241. The fourth-order valence-corrected chi connectivity index (χ4v) is 5.43. The Morgan fingerprint density at radius 1 is 0.600 bits per heavy atom. The fourth-order valence-electron chi connectivity index (χ4n) is 4.41. The molecule has 2 nitrogen and oxygen atoms in total. The van der Waals surface area contributed by atoms with Crippen LogP contribution in [-0.4, -0.2) is 9.97 Å². The lowest BCUT2D eigenvalue weighted by atomic mass is 9.96. The van der Waals surface area contributed by atoms with Crippen LogP contribution in [0.5, 0.6) is 0 Å². The van der Waals surface area contributed by atoms with Gasteiger partial charge >= 0.3 is 0 Å². The summed E-state index contributed by atoms with van der Waals surface area (Å²) < 4.78 is 53.0. The summed E-state index contributed by atoms with van der Waals surface area (Å²) in [6.45, 7) is 0. The van der Waals surface area contributed by atoms with E-state index in [4.69, 9.17) is 13.2 Å². The minimum absolute atomic E-state index is 0.114. The molecular weight excluding hydrogens is 444 g/mol.